The third-order valence-corrected chi connectivity index (χ3v) is 2.55. The number of nitrogens with zero attached hydrogens (tertiary/aromatic N) is 1. The summed E-state index contributed by atoms with van der Waals surface area (Å²) in [6.07, 6.45) is 0. The number of methoxy groups -OCH3 is 1. The van der Waals surface area contributed by atoms with E-state index < -0.39 is 5.91 Å². The predicted octanol–water partition coefficient (Wildman–Crippen LogP) is 0.999. The summed E-state index contributed by atoms with van der Waals surface area (Å²) in [4.78, 5) is 23.8. The molecule has 1 saturated heterocycles. The van der Waals surface area contributed by atoms with Crippen molar-refractivity contribution in [1.82, 2.24) is 0 Å². The van der Waals surface area contributed by atoms with Crippen molar-refractivity contribution in [3.8, 4) is 5.75 Å². The third kappa shape index (κ3) is 1.38. The molecule has 78 valence electrons. The smallest absolute Gasteiger partial charge is 0.297 e. The number of carbonyl (C=O) groups is 2. The molecule has 15 heavy (non-hydrogen) atoms. The van der Waals surface area contributed by atoms with E-state index in [0.717, 1.165) is 11.4 Å². The predicted molar refractivity (Wildman–Crippen MR) is 54.9 cm³/mol. The Morgan fingerprint density at radius 3 is 2.27 bits per heavy atom. The van der Waals surface area contributed by atoms with E-state index in [9.17, 15) is 9.59 Å². The number of hydrogen-bond acceptors (Lipinski definition) is 3. The molecule has 4 nitrogen and oxygen atoms in total. The van der Waals surface area contributed by atoms with Gasteiger partial charge in [0.15, 0.2) is 0 Å². The summed E-state index contributed by atoms with van der Waals surface area (Å²) < 4.78 is 5.00. The van der Waals surface area contributed by atoms with Crippen LogP contribution in [-0.2, 0) is 9.59 Å². The van der Waals surface area contributed by atoms with Crippen LogP contribution in [0.3, 0.4) is 0 Å². The lowest BCUT2D eigenvalue weighted by Gasteiger charge is -2.36. The Morgan fingerprint density at radius 1 is 1.20 bits per heavy atom. The minimum absolute atomic E-state index is 0.328. The average Bonchev–Trinajstić information content (AvgIpc) is 2.30. The van der Waals surface area contributed by atoms with Gasteiger partial charge in [0.1, 0.15) is 11.8 Å². The third-order valence-electron chi connectivity index (χ3n) is 2.55. The van der Waals surface area contributed by atoms with Gasteiger partial charge in [0.25, 0.3) is 5.91 Å². The van der Waals surface area contributed by atoms with E-state index in [2.05, 4.69) is 0 Å². The zero-order chi connectivity index (χ0) is 11.0. The number of benzene rings is 1. The van der Waals surface area contributed by atoms with Gasteiger partial charge in [-0.25, -0.2) is 0 Å². The summed E-state index contributed by atoms with van der Waals surface area (Å²) in [5.41, 5.74) is 0.730. The van der Waals surface area contributed by atoms with E-state index in [1.807, 2.05) is 0 Å². The number of amides is 1. The lowest BCUT2D eigenvalue weighted by molar-refractivity contribution is -0.143. The van der Waals surface area contributed by atoms with Gasteiger partial charge in [-0.2, -0.15) is 0 Å². The van der Waals surface area contributed by atoms with Gasteiger partial charge in [-0.05, 0) is 31.2 Å². The van der Waals surface area contributed by atoms with Crippen LogP contribution in [0.4, 0.5) is 5.69 Å². The van der Waals surface area contributed by atoms with E-state index in [-0.39, 0.29) is 11.8 Å². The summed E-state index contributed by atoms with van der Waals surface area (Å²) in [6, 6.07) is 6.71. The second-order valence-electron chi connectivity index (χ2n) is 3.41. The van der Waals surface area contributed by atoms with Gasteiger partial charge in [-0.15, -0.1) is 0 Å². The highest BCUT2D eigenvalue weighted by Crippen LogP contribution is 2.26. The van der Waals surface area contributed by atoms with Gasteiger partial charge >= 0.3 is 0 Å². The van der Waals surface area contributed by atoms with Crippen molar-refractivity contribution in [2.24, 2.45) is 0 Å². The Morgan fingerprint density at radius 2 is 1.80 bits per heavy atom. The molecule has 1 unspecified atom stereocenters. The Bertz CT molecular complexity index is 410. The number of Topliss-reactive ketones (excluding diaryl/α,β-unsaturated/α-hetero) is 1. The first-order valence-electron chi connectivity index (χ1n) is 4.66. The molecule has 0 radical (unpaired) electrons. The monoisotopic (exact) mass is 205 g/mol. The molecular formula is C11H11NO3. The van der Waals surface area contributed by atoms with Gasteiger partial charge < -0.3 is 4.74 Å². The van der Waals surface area contributed by atoms with E-state index in [1.165, 1.54) is 4.90 Å². The molecule has 1 aliphatic rings. The summed E-state index contributed by atoms with van der Waals surface area (Å²) in [5, 5.41) is 0. The first-order valence-corrected chi connectivity index (χ1v) is 4.66. The highest BCUT2D eigenvalue weighted by atomic mass is 16.5. The fourth-order valence-corrected chi connectivity index (χ4v) is 1.61. The zero-order valence-electron chi connectivity index (χ0n) is 8.56. The van der Waals surface area contributed by atoms with Crippen LogP contribution in [0.15, 0.2) is 24.3 Å². The molecule has 1 heterocycles. The number of β-lactam (4-membered cyclic amide) rings is 1. The van der Waals surface area contributed by atoms with Crippen molar-refractivity contribution in [1.29, 1.82) is 0 Å². The molecule has 0 aromatic heterocycles. The topological polar surface area (TPSA) is 46.6 Å². The van der Waals surface area contributed by atoms with Gasteiger partial charge in [0.05, 0.1) is 7.11 Å². The van der Waals surface area contributed by atoms with Crippen LogP contribution in [0.5, 0.6) is 5.75 Å². The second-order valence-corrected chi connectivity index (χ2v) is 3.41. The molecule has 1 aliphatic heterocycles. The number of ketones is 1. The normalized spacial score (nSPS) is 20.1. The first-order chi connectivity index (χ1) is 7.15. The standard InChI is InChI=1S/C11H11NO3/c1-7-10(13)11(14)12(7)8-3-5-9(15-2)6-4-8/h3-7H,1-2H3. The Balaban J connectivity index is 2.24. The van der Waals surface area contributed by atoms with Crippen LogP contribution in [0.25, 0.3) is 0 Å². The van der Waals surface area contributed by atoms with Crippen LogP contribution in [-0.4, -0.2) is 24.8 Å². The molecule has 0 aliphatic carbocycles. The molecule has 1 amide bonds. The van der Waals surface area contributed by atoms with E-state index in [4.69, 9.17) is 4.74 Å². The van der Waals surface area contributed by atoms with Crippen molar-refractivity contribution < 1.29 is 14.3 Å². The first kappa shape index (κ1) is 9.71. The van der Waals surface area contributed by atoms with Crippen molar-refractivity contribution in [2.45, 2.75) is 13.0 Å². The molecule has 0 bridgehead atoms. The van der Waals surface area contributed by atoms with Crippen LogP contribution < -0.4 is 9.64 Å². The number of carbonyl (C=O) groups excluding carboxylic acids is 2. The fraction of sp³-hybridized carbons (Fsp3) is 0.273. The Labute approximate surface area is 87.4 Å². The van der Waals surface area contributed by atoms with Gasteiger partial charge in [-0.1, -0.05) is 0 Å². The molecule has 0 N–H and O–H groups in total. The quantitative estimate of drug-likeness (QED) is 0.534. The lowest BCUT2D eigenvalue weighted by Crippen LogP contribution is -2.60. The maximum Gasteiger partial charge on any atom is 0.297 e. The zero-order valence-corrected chi connectivity index (χ0v) is 8.56. The summed E-state index contributed by atoms with van der Waals surface area (Å²) in [6.45, 7) is 1.72. The maximum absolute atomic E-state index is 11.3. The molecule has 4 heteroatoms. The van der Waals surface area contributed by atoms with E-state index in [1.54, 1.807) is 38.3 Å². The summed E-state index contributed by atoms with van der Waals surface area (Å²) in [7, 11) is 1.58. The molecule has 0 spiro atoms. The molecule has 0 saturated carbocycles. The Kier molecular flexibility index (Phi) is 2.19. The number of ether oxygens (including phenoxy) is 1. The van der Waals surface area contributed by atoms with Crippen LogP contribution >= 0.6 is 0 Å². The number of hydrogen-bond donors (Lipinski definition) is 0. The van der Waals surface area contributed by atoms with Gasteiger partial charge in [0.2, 0.25) is 5.78 Å². The minimum Gasteiger partial charge on any atom is -0.497 e. The highest BCUT2D eigenvalue weighted by molar-refractivity contribution is 6.51. The maximum atomic E-state index is 11.3. The van der Waals surface area contributed by atoms with Gasteiger partial charge in [-0.3, -0.25) is 14.5 Å². The molecule has 2 rings (SSSR count). The van der Waals surface area contributed by atoms with Crippen LogP contribution in [0.2, 0.25) is 0 Å². The van der Waals surface area contributed by atoms with Crippen molar-refractivity contribution in [3.63, 3.8) is 0 Å². The SMILES string of the molecule is COc1ccc(N2C(=O)C(=O)C2C)cc1. The number of anilines is 1. The fourth-order valence-electron chi connectivity index (χ4n) is 1.61. The molecule has 1 aromatic carbocycles. The lowest BCUT2D eigenvalue weighted by atomic mass is 10.0. The molecule has 1 aromatic rings. The number of rotatable bonds is 2. The van der Waals surface area contributed by atoms with Gasteiger partial charge in [0, 0.05) is 5.69 Å². The Hall–Kier alpha value is -1.84. The highest BCUT2D eigenvalue weighted by Gasteiger charge is 2.43. The van der Waals surface area contributed by atoms with Crippen LogP contribution in [0.1, 0.15) is 6.92 Å². The largest absolute Gasteiger partial charge is 0.497 e. The minimum atomic E-state index is -0.437. The molecule has 1 atom stereocenters. The van der Waals surface area contributed by atoms with Crippen molar-refractivity contribution >= 4 is 17.4 Å². The van der Waals surface area contributed by atoms with Crippen LogP contribution in [0, 0.1) is 0 Å². The summed E-state index contributed by atoms with van der Waals surface area (Å²) >= 11 is 0. The van der Waals surface area contributed by atoms with E-state index >= 15 is 0 Å². The average molecular weight is 205 g/mol. The molecule has 1 fully saturated rings. The van der Waals surface area contributed by atoms with Crippen molar-refractivity contribution in [2.75, 3.05) is 12.0 Å². The van der Waals surface area contributed by atoms with E-state index in [0.29, 0.717) is 0 Å². The second kappa shape index (κ2) is 3.38. The molecular weight excluding hydrogens is 194 g/mol. The van der Waals surface area contributed by atoms with Crippen molar-refractivity contribution in [3.05, 3.63) is 24.3 Å². The summed E-state index contributed by atoms with van der Waals surface area (Å²) in [5.74, 6) is -0.0378.